The Balaban J connectivity index is 2.84. The number of amides is 2. The SMILES string of the molecule is CCCCCCCCCCCCCC(=O)O[C@H](CCCCCCCCCCC)CC(=O)O[C@@H]1C(NC(=O)C[C@@H](CCCCCCCCCCC)OC(=O)CCCCCCCCCCC)[C@H](OCC2O[C@@H](OP(=O)(O)O)C(NC(=O)C[C@H](O)CCCCCCCCCCC)[C@@H](OC(=O)C[C@H](O)CCCCCCCCCCC)[C@@H]2O)OC(CO)[C@H]1OP(=O)(O)O. The van der Waals surface area contributed by atoms with Crippen LogP contribution in [-0.4, -0.2) is 175 Å². The van der Waals surface area contributed by atoms with Crippen LogP contribution >= 0.6 is 15.6 Å². The van der Waals surface area contributed by atoms with Crippen LogP contribution in [0.2, 0.25) is 0 Å². The summed E-state index contributed by atoms with van der Waals surface area (Å²) < 4.78 is 80.1. The van der Waals surface area contributed by atoms with Crippen molar-refractivity contribution in [2.45, 2.75) is 551 Å². The summed E-state index contributed by atoms with van der Waals surface area (Å²) in [6.07, 6.45) is 34.0. The summed E-state index contributed by atoms with van der Waals surface area (Å²) in [7, 11) is -11.4. The first-order chi connectivity index (χ1) is 59.3. The van der Waals surface area contributed by atoms with Gasteiger partial charge >= 0.3 is 39.5 Å². The number of hydrogen-bond acceptors (Lipinski definition) is 21. The van der Waals surface area contributed by atoms with Crippen molar-refractivity contribution in [2.75, 3.05) is 13.2 Å². The van der Waals surface area contributed by atoms with Crippen molar-refractivity contribution in [3.05, 3.63) is 0 Å². The topological polar surface area (TPSA) is 406 Å². The van der Waals surface area contributed by atoms with Gasteiger partial charge in [0.1, 0.15) is 48.7 Å². The van der Waals surface area contributed by atoms with Gasteiger partial charge in [0.25, 0.3) is 0 Å². The smallest absolute Gasteiger partial charge is 0.462 e. The number of nitrogens with one attached hydrogen (secondary N) is 2. The predicted octanol–water partition coefficient (Wildman–Crippen LogP) is 20.6. The molecule has 2 rings (SSSR count). The molecule has 4 unspecified atom stereocenters. The van der Waals surface area contributed by atoms with E-state index < -0.39 is 176 Å². The molecule has 2 aliphatic rings. The van der Waals surface area contributed by atoms with E-state index in [4.69, 9.17) is 42.2 Å². The maximum Gasteiger partial charge on any atom is 0.472 e. The van der Waals surface area contributed by atoms with Gasteiger partial charge in [-0.05, 0) is 51.4 Å². The molecule has 0 aromatic rings. The zero-order valence-corrected chi connectivity index (χ0v) is 79.4. The number of carbonyl (C=O) groups is 6. The lowest BCUT2D eigenvalue weighted by molar-refractivity contribution is -0.297. The van der Waals surface area contributed by atoms with E-state index in [0.29, 0.717) is 38.5 Å². The number of carbonyl (C=O) groups excluding carboxylic acids is 6. The molecule has 2 saturated heterocycles. The first kappa shape index (κ1) is 116. The molecule has 2 amide bonds. The first-order valence-corrected chi connectivity index (χ1v) is 52.8. The van der Waals surface area contributed by atoms with Crippen molar-refractivity contribution in [3.63, 3.8) is 0 Å². The molecule has 29 heteroatoms. The van der Waals surface area contributed by atoms with E-state index in [-0.39, 0.29) is 38.5 Å². The van der Waals surface area contributed by atoms with E-state index in [2.05, 4.69) is 52.2 Å². The lowest BCUT2D eigenvalue weighted by atomic mass is 9.95. The minimum absolute atomic E-state index is 0.0781. The third-order valence-electron chi connectivity index (χ3n) is 23.9. The quantitative estimate of drug-likeness (QED) is 0.0117. The summed E-state index contributed by atoms with van der Waals surface area (Å²) in [4.78, 5) is 128. The normalized spacial score (nSPS) is 20.4. The Bertz CT molecular complexity index is 2710. The van der Waals surface area contributed by atoms with Gasteiger partial charge < -0.3 is 83.8 Å². The molecule has 0 saturated carbocycles. The number of phosphoric acid groups is 2. The van der Waals surface area contributed by atoms with E-state index in [1.807, 2.05) is 0 Å². The number of rotatable bonds is 84. The van der Waals surface area contributed by atoms with Crippen LogP contribution in [0.1, 0.15) is 465 Å². The van der Waals surface area contributed by atoms with Gasteiger partial charge in [-0.2, -0.15) is 0 Å². The van der Waals surface area contributed by atoms with E-state index >= 15 is 9.59 Å². The summed E-state index contributed by atoms with van der Waals surface area (Å²) in [5.41, 5.74) is 0. The molecule has 2 aliphatic heterocycles. The Hall–Kier alpha value is -3.24. The van der Waals surface area contributed by atoms with Gasteiger partial charge in [0.2, 0.25) is 11.8 Å². The highest BCUT2D eigenvalue weighted by Gasteiger charge is 2.55. The molecule has 0 radical (unpaired) electrons. The average Bonchev–Trinajstić information content (AvgIpc) is 0.778. The highest BCUT2D eigenvalue weighted by Crippen LogP contribution is 2.44. The Morgan fingerprint density at radius 1 is 0.333 bits per heavy atom. The molecule has 0 aromatic carbocycles. The van der Waals surface area contributed by atoms with Crippen LogP contribution in [0.4, 0.5) is 0 Å². The van der Waals surface area contributed by atoms with Crippen LogP contribution in [0.3, 0.4) is 0 Å². The molecular weight excluding hydrogens is 1620 g/mol. The molecule has 0 aliphatic carbocycles. The predicted molar refractivity (Wildman–Crippen MR) is 481 cm³/mol. The zero-order valence-electron chi connectivity index (χ0n) is 77.6. The summed E-state index contributed by atoms with van der Waals surface area (Å²) in [6, 6.07) is -3.86. The molecule has 0 aromatic heterocycles. The Labute approximate surface area is 742 Å². The maximum atomic E-state index is 15.2. The number of aliphatic hydroxyl groups is 4. The van der Waals surface area contributed by atoms with Gasteiger partial charge in [-0.25, -0.2) is 9.13 Å². The number of esters is 4. The molecule has 27 nitrogen and oxygen atoms in total. The lowest BCUT2D eigenvalue weighted by Crippen LogP contribution is -2.68. The van der Waals surface area contributed by atoms with Crippen molar-refractivity contribution in [3.8, 4) is 0 Å². The summed E-state index contributed by atoms with van der Waals surface area (Å²) in [6.45, 7) is 10.9. The van der Waals surface area contributed by atoms with Crippen LogP contribution in [0.15, 0.2) is 0 Å². The van der Waals surface area contributed by atoms with Gasteiger partial charge in [0, 0.05) is 12.8 Å². The summed E-state index contributed by atoms with van der Waals surface area (Å²) in [5.74, 6) is -5.04. The third kappa shape index (κ3) is 61.9. The van der Waals surface area contributed by atoms with Crippen LogP contribution < -0.4 is 10.6 Å². The lowest BCUT2D eigenvalue weighted by Gasteiger charge is -2.47. The van der Waals surface area contributed by atoms with Crippen molar-refractivity contribution in [2.24, 2.45) is 0 Å². The summed E-state index contributed by atoms with van der Waals surface area (Å²) in [5, 5.41) is 51.5. The number of ether oxygens (including phenoxy) is 7. The van der Waals surface area contributed by atoms with Crippen LogP contribution in [0, 0.1) is 0 Å². The van der Waals surface area contributed by atoms with Crippen molar-refractivity contribution >= 4 is 51.3 Å². The number of unbranched alkanes of at least 4 members (excludes halogenated alkanes) is 50. The average molecular weight is 1800 g/mol. The molecule has 123 heavy (non-hydrogen) atoms. The first-order valence-electron chi connectivity index (χ1n) is 49.7. The highest BCUT2D eigenvalue weighted by molar-refractivity contribution is 7.46. The van der Waals surface area contributed by atoms with Gasteiger partial charge in [0.15, 0.2) is 24.8 Å². The molecule has 2 fully saturated rings. The molecule has 10 N–H and O–H groups in total. The van der Waals surface area contributed by atoms with Gasteiger partial charge in [-0.1, -0.05) is 375 Å². The number of aliphatic hydroxyl groups excluding tert-OH is 4. The largest absolute Gasteiger partial charge is 0.472 e. The second-order valence-electron chi connectivity index (χ2n) is 35.5. The van der Waals surface area contributed by atoms with Crippen molar-refractivity contribution in [1.29, 1.82) is 0 Å². The van der Waals surface area contributed by atoms with E-state index in [0.717, 1.165) is 257 Å². The highest BCUT2D eigenvalue weighted by atomic mass is 31.2. The third-order valence-corrected chi connectivity index (χ3v) is 24.9. The maximum absolute atomic E-state index is 15.2. The van der Waals surface area contributed by atoms with Crippen LogP contribution in [0.25, 0.3) is 0 Å². The minimum atomic E-state index is -5.69. The second kappa shape index (κ2) is 75.4. The van der Waals surface area contributed by atoms with Crippen LogP contribution in [-0.2, 0) is 80.1 Å². The Morgan fingerprint density at radius 2 is 0.626 bits per heavy atom. The molecule has 0 bridgehead atoms. The number of phosphoric ester groups is 2. The van der Waals surface area contributed by atoms with Crippen molar-refractivity contribution in [1.82, 2.24) is 10.6 Å². The Kier molecular flexibility index (Phi) is 71.0. The monoisotopic (exact) mass is 1800 g/mol. The molecule has 2 heterocycles. The van der Waals surface area contributed by atoms with E-state index in [1.165, 1.54) is 64.2 Å². The zero-order chi connectivity index (χ0) is 90.4. The molecule has 724 valence electrons. The molecule has 0 spiro atoms. The van der Waals surface area contributed by atoms with Gasteiger partial charge in [0.05, 0.1) is 51.1 Å². The molecular formula is C94H178N2O25P2. The fourth-order valence-electron chi connectivity index (χ4n) is 16.6. The van der Waals surface area contributed by atoms with E-state index in [9.17, 15) is 68.3 Å². The van der Waals surface area contributed by atoms with Crippen molar-refractivity contribution < 1.29 is 120 Å². The fraction of sp³-hybridized carbons (Fsp3) is 0.936. The fourth-order valence-corrected chi connectivity index (χ4v) is 17.6. The van der Waals surface area contributed by atoms with Gasteiger partial charge in [-0.3, -0.25) is 37.8 Å². The second-order valence-corrected chi connectivity index (χ2v) is 37.9. The number of hydrogen-bond donors (Lipinski definition) is 10. The standard InChI is InChI=1S/C94H178N2O25P2/c1-7-13-19-25-31-37-38-44-50-56-62-68-84(103)115-78(66-60-54-48-42-35-29-23-17-11-5)72-86(105)119-92-88(96-82(101)71-77(65-59-53-47-41-34-28-22-16-10-4)114-83(102)67-61-55-49-43-36-30-24-18-12-6)93(116-79(73-97)90(92)120-122(107,108)109)113-74-80-89(106)91(118-85(104)70-76(99)64-58-52-46-40-33-27-21-15-9-3)87(94(117-80)121-123(110,111)112)95-81(100)69-75(98)63-57-51-45-39-32-26-20-14-8-2/h75-80,87-94,97-99,106H,7-74H2,1-6H3,(H,95,100)(H,96,101)(H2,107,108,109)(H2,110,111,112)/t75-,76-,77-,78-,79?,80?,87?,88?,89-,90-,91-,92-,93-,94+/m1/s1. The Morgan fingerprint density at radius 3 is 0.984 bits per heavy atom. The van der Waals surface area contributed by atoms with Crippen LogP contribution in [0.5, 0.6) is 0 Å². The van der Waals surface area contributed by atoms with E-state index in [1.54, 1.807) is 0 Å². The molecule has 14 atom stereocenters. The minimum Gasteiger partial charge on any atom is -0.462 e. The summed E-state index contributed by atoms with van der Waals surface area (Å²) >= 11 is 0. The van der Waals surface area contributed by atoms with Gasteiger partial charge in [-0.15, -0.1) is 0 Å².